The summed E-state index contributed by atoms with van der Waals surface area (Å²) in [6.45, 7) is 0. The largest absolute Gasteiger partial charge is 1.00 e. The molecule has 1 amide bonds. The summed E-state index contributed by atoms with van der Waals surface area (Å²) in [5.74, 6) is -0.500. The molecule has 2 saturated heterocycles. The van der Waals surface area contributed by atoms with E-state index < -0.39 is 11.9 Å². The maximum atomic E-state index is 13.5. The van der Waals surface area contributed by atoms with Crippen LogP contribution in [0, 0.1) is 5.82 Å². The Balaban J connectivity index is 0.00000256. The van der Waals surface area contributed by atoms with Crippen LogP contribution in [0.4, 0.5) is 14.9 Å². The average molecular weight is 518 g/mol. The van der Waals surface area contributed by atoms with Crippen molar-refractivity contribution in [3.8, 4) is 11.1 Å². The number of nitrogens with zero attached hydrogens (tertiary/aromatic N) is 1. The fourth-order valence-electron chi connectivity index (χ4n) is 4.75. The molecular weight excluding hydrogens is 494 g/mol. The molecule has 2 unspecified atom stereocenters. The van der Waals surface area contributed by atoms with Gasteiger partial charge in [0.25, 0.3) is 0 Å². The van der Waals surface area contributed by atoms with Crippen LogP contribution < -0.4 is 22.3 Å². The van der Waals surface area contributed by atoms with Gasteiger partial charge in [-0.3, -0.25) is 5.32 Å². The van der Waals surface area contributed by atoms with E-state index in [2.05, 4.69) is 19.4 Å². The number of piperidine rings is 1. The zero-order chi connectivity index (χ0) is 20.8. The third-order valence-electron chi connectivity index (χ3n) is 6.51. The standard InChI is InChI=1S/C22H23Cl2FN2O2.BrH/c1-27(2)15-5-6-16(27)12-17(11-15)29-22(28)26-21-8-4-14(23)10-18(21)13-3-7-20(25)19(24)9-13;/h3-4,7-10,15-17H,5-6,11-12H2,1-2H3;1H. The first-order chi connectivity index (χ1) is 13.7. The number of benzene rings is 2. The number of carbonyl (C=O) groups is 1. The van der Waals surface area contributed by atoms with Crippen LogP contribution in [-0.4, -0.2) is 42.9 Å². The number of anilines is 1. The van der Waals surface area contributed by atoms with Crippen molar-refractivity contribution in [1.29, 1.82) is 0 Å². The molecule has 0 spiro atoms. The molecule has 2 fully saturated rings. The minimum absolute atomic E-state index is 0. The summed E-state index contributed by atoms with van der Waals surface area (Å²) in [6, 6.07) is 10.6. The van der Waals surface area contributed by atoms with Gasteiger partial charge in [0.05, 0.1) is 36.9 Å². The fourth-order valence-corrected chi connectivity index (χ4v) is 5.10. The highest BCUT2D eigenvalue weighted by Crippen LogP contribution is 2.40. The quantitative estimate of drug-likeness (QED) is 0.635. The van der Waals surface area contributed by atoms with Crippen LogP contribution in [0.15, 0.2) is 36.4 Å². The van der Waals surface area contributed by atoms with Gasteiger partial charge < -0.3 is 26.2 Å². The van der Waals surface area contributed by atoms with Gasteiger partial charge in [0.2, 0.25) is 0 Å². The summed E-state index contributed by atoms with van der Waals surface area (Å²) in [5.41, 5.74) is 1.85. The Hall–Kier alpha value is -1.34. The van der Waals surface area contributed by atoms with Crippen molar-refractivity contribution in [2.75, 3.05) is 19.4 Å². The molecule has 2 aromatic rings. The first-order valence-corrected chi connectivity index (χ1v) is 10.6. The van der Waals surface area contributed by atoms with E-state index >= 15 is 0 Å². The molecule has 0 saturated carbocycles. The van der Waals surface area contributed by atoms with Gasteiger partial charge in [0.1, 0.15) is 11.9 Å². The van der Waals surface area contributed by atoms with Crippen LogP contribution in [-0.2, 0) is 4.74 Å². The lowest BCUT2D eigenvalue weighted by molar-refractivity contribution is -0.931. The molecule has 4 nitrogen and oxygen atoms in total. The van der Waals surface area contributed by atoms with Crippen molar-refractivity contribution >= 4 is 35.0 Å². The minimum Gasteiger partial charge on any atom is -1.00 e. The number of ether oxygens (including phenoxy) is 1. The third kappa shape index (κ3) is 4.62. The molecule has 8 heteroatoms. The van der Waals surface area contributed by atoms with Crippen LogP contribution in [0.3, 0.4) is 0 Å². The Labute approximate surface area is 196 Å². The minimum atomic E-state index is -0.500. The Morgan fingerprint density at radius 3 is 2.40 bits per heavy atom. The summed E-state index contributed by atoms with van der Waals surface area (Å²) >= 11 is 12.1. The van der Waals surface area contributed by atoms with Crippen molar-refractivity contribution in [3.05, 3.63) is 52.3 Å². The molecule has 2 heterocycles. The normalized spacial score (nSPS) is 24.1. The van der Waals surface area contributed by atoms with Crippen molar-refractivity contribution < 1.29 is 35.4 Å². The van der Waals surface area contributed by atoms with Crippen LogP contribution in [0.1, 0.15) is 25.7 Å². The maximum Gasteiger partial charge on any atom is 0.411 e. The highest BCUT2D eigenvalue weighted by Gasteiger charge is 2.49. The van der Waals surface area contributed by atoms with Gasteiger partial charge in [0.15, 0.2) is 0 Å². The summed E-state index contributed by atoms with van der Waals surface area (Å²) in [6.07, 6.45) is 3.58. The van der Waals surface area contributed by atoms with Gasteiger partial charge in [0, 0.05) is 36.3 Å². The van der Waals surface area contributed by atoms with Gasteiger partial charge in [-0.2, -0.15) is 0 Å². The second-order valence-electron chi connectivity index (χ2n) is 8.46. The van der Waals surface area contributed by atoms with E-state index in [-0.39, 0.29) is 28.1 Å². The monoisotopic (exact) mass is 516 g/mol. The highest BCUT2D eigenvalue weighted by molar-refractivity contribution is 6.31. The molecule has 30 heavy (non-hydrogen) atoms. The molecule has 2 aromatic carbocycles. The number of fused-ring (bicyclic) bond motifs is 2. The second-order valence-corrected chi connectivity index (χ2v) is 9.30. The van der Waals surface area contributed by atoms with Gasteiger partial charge in [-0.25, -0.2) is 9.18 Å². The molecule has 2 bridgehead atoms. The first kappa shape index (κ1) is 23.3. The zero-order valence-electron chi connectivity index (χ0n) is 16.8. The topological polar surface area (TPSA) is 38.3 Å². The average Bonchev–Trinajstić information content (AvgIpc) is 2.83. The number of quaternary nitrogens is 1. The van der Waals surface area contributed by atoms with E-state index in [1.807, 2.05) is 0 Å². The number of amides is 1. The molecule has 162 valence electrons. The van der Waals surface area contributed by atoms with Gasteiger partial charge in [-0.15, -0.1) is 0 Å². The number of rotatable bonds is 3. The van der Waals surface area contributed by atoms with E-state index in [9.17, 15) is 9.18 Å². The van der Waals surface area contributed by atoms with Crippen LogP contribution in [0.5, 0.6) is 0 Å². The van der Waals surface area contributed by atoms with Crippen LogP contribution >= 0.6 is 23.2 Å². The molecule has 0 radical (unpaired) electrons. The smallest absolute Gasteiger partial charge is 0.411 e. The lowest BCUT2D eigenvalue weighted by Crippen LogP contribution is -3.00. The number of carbonyl (C=O) groups excluding carboxylic acids is 1. The number of nitrogens with one attached hydrogen (secondary N) is 1. The summed E-state index contributed by atoms with van der Waals surface area (Å²) < 4.78 is 20.3. The molecular formula is C22H24BrCl2FN2O2. The van der Waals surface area contributed by atoms with Gasteiger partial charge in [-0.05, 0) is 35.9 Å². The first-order valence-electron chi connectivity index (χ1n) is 9.80. The molecule has 2 aliphatic heterocycles. The van der Waals surface area contributed by atoms with Crippen LogP contribution in [0.25, 0.3) is 11.1 Å². The summed E-state index contributed by atoms with van der Waals surface area (Å²) in [4.78, 5) is 12.6. The number of hydrogen-bond donors (Lipinski definition) is 1. The lowest BCUT2D eigenvalue weighted by Gasteiger charge is -2.43. The second kappa shape index (κ2) is 9.03. The van der Waals surface area contributed by atoms with E-state index in [1.165, 1.54) is 25.0 Å². The molecule has 2 atom stereocenters. The molecule has 0 aliphatic carbocycles. The van der Waals surface area contributed by atoms with Crippen molar-refractivity contribution in [3.63, 3.8) is 0 Å². The SMILES string of the molecule is C[N+]1(C)C2CCC1CC(OC(=O)Nc1ccc(Cl)cc1-c1ccc(F)c(Cl)c1)C2.[Br-]. The summed E-state index contributed by atoms with van der Waals surface area (Å²) in [7, 11) is 4.54. The Morgan fingerprint density at radius 1 is 1.10 bits per heavy atom. The lowest BCUT2D eigenvalue weighted by atomic mass is 9.98. The molecule has 2 aliphatic rings. The maximum absolute atomic E-state index is 13.5. The van der Waals surface area contributed by atoms with Crippen LogP contribution in [0.2, 0.25) is 10.0 Å². The van der Waals surface area contributed by atoms with E-state index in [0.717, 1.165) is 17.3 Å². The zero-order valence-corrected chi connectivity index (χ0v) is 19.9. The van der Waals surface area contributed by atoms with E-state index in [1.54, 1.807) is 24.3 Å². The number of hydrogen-bond acceptors (Lipinski definition) is 2. The summed E-state index contributed by atoms with van der Waals surface area (Å²) in [5, 5.41) is 3.34. The number of halogens is 4. The molecule has 4 rings (SSSR count). The van der Waals surface area contributed by atoms with Crippen molar-refractivity contribution in [2.24, 2.45) is 0 Å². The molecule has 0 aromatic heterocycles. The predicted molar refractivity (Wildman–Crippen MR) is 114 cm³/mol. The predicted octanol–water partition coefficient (Wildman–Crippen LogP) is 3.12. The Kier molecular flexibility index (Phi) is 7.02. The molecule has 1 N–H and O–H groups in total. The van der Waals surface area contributed by atoms with E-state index in [0.29, 0.717) is 33.9 Å². The highest BCUT2D eigenvalue weighted by atomic mass is 79.9. The van der Waals surface area contributed by atoms with E-state index in [4.69, 9.17) is 27.9 Å². The fraction of sp³-hybridized carbons (Fsp3) is 0.409. The third-order valence-corrected chi connectivity index (χ3v) is 7.03. The Morgan fingerprint density at radius 2 is 1.77 bits per heavy atom. The van der Waals surface area contributed by atoms with Crippen molar-refractivity contribution in [1.82, 2.24) is 0 Å². The van der Waals surface area contributed by atoms with Crippen molar-refractivity contribution in [2.45, 2.75) is 43.9 Å². The van der Waals surface area contributed by atoms with Gasteiger partial charge >= 0.3 is 6.09 Å². The van der Waals surface area contributed by atoms with Gasteiger partial charge in [-0.1, -0.05) is 29.3 Å². The Bertz CT molecular complexity index is 941.